The lowest BCUT2D eigenvalue weighted by Crippen LogP contribution is -2.43. The van der Waals surface area contributed by atoms with E-state index in [2.05, 4.69) is 10.00 Å². The molecule has 48 heavy (non-hydrogen) atoms. The first kappa shape index (κ1) is 32.8. The van der Waals surface area contributed by atoms with Crippen LogP contribution in [0.25, 0.3) is 0 Å². The Morgan fingerprint density at radius 3 is 2.79 bits per heavy atom. The van der Waals surface area contributed by atoms with Gasteiger partial charge in [-0.1, -0.05) is 11.6 Å². The van der Waals surface area contributed by atoms with Crippen molar-refractivity contribution < 1.29 is 31.8 Å². The fourth-order valence-corrected chi connectivity index (χ4v) is 7.80. The molecule has 2 aromatic heterocycles. The number of carbonyl (C=O) groups excluding carboxylic acids is 1. The van der Waals surface area contributed by atoms with Crippen LogP contribution in [0.4, 0.5) is 29.1 Å². The van der Waals surface area contributed by atoms with Gasteiger partial charge in [0, 0.05) is 57.8 Å². The van der Waals surface area contributed by atoms with Gasteiger partial charge in [0.05, 0.1) is 46.8 Å². The van der Waals surface area contributed by atoms with Crippen LogP contribution in [0.15, 0.2) is 18.2 Å². The van der Waals surface area contributed by atoms with E-state index in [1.165, 1.54) is 17.0 Å². The Morgan fingerprint density at radius 1 is 1.21 bits per heavy atom. The van der Waals surface area contributed by atoms with Gasteiger partial charge in [-0.25, -0.2) is 4.39 Å². The van der Waals surface area contributed by atoms with Crippen LogP contribution in [-0.2, 0) is 37.0 Å². The Hall–Kier alpha value is -3.69. The summed E-state index contributed by atoms with van der Waals surface area (Å²) in [5.41, 5.74) is 6.67. The van der Waals surface area contributed by atoms with Crippen LogP contribution in [0.5, 0.6) is 6.01 Å². The first-order valence-electron chi connectivity index (χ1n) is 16.0. The minimum Gasteiger partial charge on any atom is -0.461 e. The van der Waals surface area contributed by atoms with E-state index < -0.39 is 29.6 Å². The normalized spacial score (nSPS) is 24.2. The van der Waals surface area contributed by atoms with Crippen LogP contribution in [-0.4, -0.2) is 87.5 Å². The summed E-state index contributed by atoms with van der Waals surface area (Å²) in [4.78, 5) is 27.9. The number of rotatable bonds is 6. The summed E-state index contributed by atoms with van der Waals surface area (Å²) in [5.74, 6) is 0.183. The fraction of sp³-hybridized carbons (Fsp3) is 0.562. The van der Waals surface area contributed by atoms with Crippen molar-refractivity contribution >= 4 is 29.0 Å². The zero-order valence-corrected chi connectivity index (χ0v) is 27.5. The molecule has 11 nitrogen and oxygen atoms in total. The van der Waals surface area contributed by atoms with Crippen LogP contribution >= 0.6 is 11.6 Å². The highest BCUT2D eigenvalue weighted by Gasteiger charge is 2.49. The third-order valence-corrected chi connectivity index (χ3v) is 10.3. The van der Waals surface area contributed by atoms with Crippen molar-refractivity contribution in [1.82, 2.24) is 29.5 Å². The van der Waals surface area contributed by atoms with Gasteiger partial charge in [-0.05, 0) is 49.6 Å². The number of hydrogen-bond donors (Lipinski definition) is 1. The van der Waals surface area contributed by atoms with Crippen LogP contribution in [0, 0.1) is 0 Å². The predicted molar refractivity (Wildman–Crippen MR) is 169 cm³/mol. The van der Waals surface area contributed by atoms with Gasteiger partial charge in [0.2, 0.25) is 0 Å². The maximum atomic E-state index is 14.5. The van der Waals surface area contributed by atoms with E-state index in [1.807, 2.05) is 4.90 Å². The van der Waals surface area contributed by atoms with Crippen LogP contribution < -0.4 is 15.4 Å². The number of nitrogens with two attached hydrogens (primary N) is 1. The molecule has 4 aliphatic rings. The molecular weight excluding hydrogens is 656 g/mol. The molecule has 7 rings (SSSR count). The number of aryl methyl sites for hydroxylation is 1. The van der Waals surface area contributed by atoms with Crippen molar-refractivity contribution in [3.63, 3.8) is 0 Å². The van der Waals surface area contributed by atoms with Gasteiger partial charge in [0.25, 0.3) is 5.91 Å². The highest BCUT2D eigenvalue weighted by atomic mass is 35.5. The second-order valence-corrected chi connectivity index (χ2v) is 13.7. The Kier molecular flexibility index (Phi) is 8.43. The highest BCUT2D eigenvalue weighted by molar-refractivity contribution is 6.34. The van der Waals surface area contributed by atoms with Crippen molar-refractivity contribution in [2.24, 2.45) is 0 Å². The molecule has 0 aliphatic carbocycles. The topological polar surface area (TPSA) is 115 Å². The smallest absolute Gasteiger partial charge is 0.416 e. The SMILES string of the molecule is CN(C)C(=O)c1nn2c(c1Cl)CN(c1nc(OC[C@@]34CCCN3C[C@H](F)C4)nc3c1CO[C@H](c1cc(N)ccc1C(F)(F)F)C3)CCC2. The molecule has 0 unspecified atom stereocenters. The van der Waals surface area contributed by atoms with E-state index in [-0.39, 0.29) is 60.1 Å². The third kappa shape index (κ3) is 5.93. The molecular formula is C32H37ClF4N8O3. The molecule has 258 valence electrons. The molecule has 6 heterocycles. The van der Waals surface area contributed by atoms with Gasteiger partial charge >= 0.3 is 12.2 Å². The van der Waals surface area contributed by atoms with Crippen molar-refractivity contribution in [1.29, 1.82) is 0 Å². The molecule has 0 saturated carbocycles. The van der Waals surface area contributed by atoms with E-state index in [0.717, 1.165) is 25.5 Å². The third-order valence-electron chi connectivity index (χ3n) is 9.86. The molecule has 2 saturated heterocycles. The monoisotopic (exact) mass is 692 g/mol. The second kappa shape index (κ2) is 12.3. The average Bonchev–Trinajstić information content (AvgIpc) is 3.60. The van der Waals surface area contributed by atoms with Crippen molar-refractivity contribution in [3.8, 4) is 6.01 Å². The van der Waals surface area contributed by atoms with Gasteiger partial charge in [-0.15, -0.1) is 0 Å². The van der Waals surface area contributed by atoms with Crippen molar-refractivity contribution in [3.05, 3.63) is 57.0 Å². The van der Waals surface area contributed by atoms with Gasteiger partial charge in [0.15, 0.2) is 5.69 Å². The number of nitrogen functional groups attached to an aromatic ring is 1. The molecule has 0 radical (unpaired) electrons. The van der Waals surface area contributed by atoms with E-state index in [0.29, 0.717) is 55.2 Å². The molecule has 3 aromatic rings. The van der Waals surface area contributed by atoms with Gasteiger partial charge < -0.3 is 25.0 Å². The van der Waals surface area contributed by atoms with Gasteiger partial charge in [-0.3, -0.25) is 14.4 Å². The Balaban J connectivity index is 1.26. The van der Waals surface area contributed by atoms with Crippen LogP contribution in [0.2, 0.25) is 5.02 Å². The predicted octanol–water partition coefficient (Wildman–Crippen LogP) is 4.81. The number of nitrogens with zero attached hydrogens (tertiary/aromatic N) is 7. The first-order chi connectivity index (χ1) is 22.8. The lowest BCUT2D eigenvalue weighted by molar-refractivity contribution is -0.139. The summed E-state index contributed by atoms with van der Waals surface area (Å²) in [6.45, 7) is 2.60. The molecule has 2 fully saturated rings. The summed E-state index contributed by atoms with van der Waals surface area (Å²) in [5, 5.41) is 4.75. The summed E-state index contributed by atoms with van der Waals surface area (Å²) in [7, 11) is 3.26. The number of anilines is 2. The molecule has 16 heteroatoms. The number of carbonyl (C=O) groups is 1. The van der Waals surface area contributed by atoms with E-state index in [1.54, 1.807) is 18.8 Å². The quantitative estimate of drug-likeness (QED) is 0.287. The number of fused-ring (bicyclic) bond motifs is 3. The zero-order chi connectivity index (χ0) is 34.0. The number of aromatic nitrogens is 4. The number of hydrogen-bond acceptors (Lipinski definition) is 9. The maximum Gasteiger partial charge on any atom is 0.416 e. The summed E-state index contributed by atoms with van der Waals surface area (Å²) in [6, 6.07) is 3.54. The van der Waals surface area contributed by atoms with Gasteiger partial charge in [0.1, 0.15) is 18.6 Å². The molecule has 0 spiro atoms. The molecule has 0 bridgehead atoms. The highest BCUT2D eigenvalue weighted by Crippen LogP contribution is 2.43. The van der Waals surface area contributed by atoms with Crippen LogP contribution in [0.3, 0.4) is 0 Å². The number of alkyl halides is 4. The summed E-state index contributed by atoms with van der Waals surface area (Å²) < 4.78 is 70.8. The van der Waals surface area contributed by atoms with Gasteiger partial charge in [-0.2, -0.15) is 28.2 Å². The van der Waals surface area contributed by atoms with Crippen LogP contribution in [0.1, 0.15) is 70.4 Å². The molecule has 4 aliphatic heterocycles. The van der Waals surface area contributed by atoms with E-state index in [9.17, 15) is 22.4 Å². The van der Waals surface area contributed by atoms with Crippen molar-refractivity contribution in [2.75, 3.05) is 51.0 Å². The molecule has 2 N–H and O–H groups in total. The maximum absolute atomic E-state index is 14.5. The molecule has 1 aromatic carbocycles. The number of halogens is 5. The largest absolute Gasteiger partial charge is 0.461 e. The van der Waals surface area contributed by atoms with E-state index in [4.69, 9.17) is 36.8 Å². The van der Waals surface area contributed by atoms with Crippen molar-refractivity contribution in [2.45, 2.75) is 75.8 Å². The number of ether oxygens (including phenoxy) is 2. The Bertz CT molecular complexity index is 1740. The average molecular weight is 693 g/mol. The Morgan fingerprint density at radius 2 is 2.02 bits per heavy atom. The fourth-order valence-electron chi connectivity index (χ4n) is 7.52. The van der Waals surface area contributed by atoms with E-state index >= 15 is 0 Å². The molecule has 1 amide bonds. The number of benzene rings is 1. The second-order valence-electron chi connectivity index (χ2n) is 13.3. The minimum absolute atomic E-state index is 0.0194. The first-order valence-corrected chi connectivity index (χ1v) is 16.4. The summed E-state index contributed by atoms with van der Waals surface area (Å²) in [6.07, 6.45) is -3.77. The lowest BCUT2D eigenvalue weighted by Gasteiger charge is -2.33. The summed E-state index contributed by atoms with van der Waals surface area (Å²) >= 11 is 6.74. The standard InChI is InChI=1S/C32H37ClF4N8O3/c1-42(2)29(46)27-26(33)24-15-43(8-4-10-45(24)41-27)28-21-16-47-25(20-11-19(38)5-6-22(20)32(35,36)37)12-23(21)39-30(40-28)48-17-31-7-3-9-44(31)14-18(34)13-31/h5-6,11,18,25H,3-4,7-10,12-17,38H2,1-2H3/t18-,25+,31+/m1/s1. The number of amides is 1. The Labute approximate surface area is 279 Å². The molecule has 3 atom stereocenters. The minimum atomic E-state index is -4.61. The zero-order valence-electron chi connectivity index (χ0n) is 26.7. The lowest BCUT2D eigenvalue weighted by atomic mass is 9.94.